The van der Waals surface area contributed by atoms with E-state index >= 15 is 0 Å². The maximum Gasteiger partial charge on any atom is 0.339 e. The Morgan fingerprint density at radius 1 is 1.50 bits per heavy atom. The first-order valence-electron chi connectivity index (χ1n) is 6.20. The fraction of sp³-hybridized carbons (Fsp3) is 0.500. The molecule has 3 nitrogen and oxygen atoms in total. The molecule has 1 fully saturated rings. The molecular weight excluding hydrogens is 250 g/mol. The molecule has 1 atom stereocenters. The van der Waals surface area contributed by atoms with Crippen LogP contribution in [0.25, 0.3) is 0 Å². The first-order chi connectivity index (χ1) is 8.42. The van der Waals surface area contributed by atoms with Crippen molar-refractivity contribution in [2.45, 2.75) is 39.2 Å². The quantitative estimate of drug-likeness (QED) is 0.869. The van der Waals surface area contributed by atoms with Crippen molar-refractivity contribution in [2.75, 3.05) is 5.32 Å². The fourth-order valence-electron chi connectivity index (χ4n) is 2.64. The summed E-state index contributed by atoms with van der Waals surface area (Å²) in [6, 6.07) is 5.47. The number of halogens is 1. The highest BCUT2D eigenvalue weighted by atomic mass is 35.5. The van der Waals surface area contributed by atoms with Gasteiger partial charge in [-0.2, -0.15) is 0 Å². The Bertz CT molecular complexity index is 471. The van der Waals surface area contributed by atoms with E-state index in [-0.39, 0.29) is 16.0 Å². The van der Waals surface area contributed by atoms with Gasteiger partial charge in [0.25, 0.3) is 0 Å². The first kappa shape index (κ1) is 13.2. The normalized spacial score (nSPS) is 21.8. The minimum Gasteiger partial charge on any atom is -0.478 e. The van der Waals surface area contributed by atoms with Crippen LogP contribution < -0.4 is 5.32 Å². The molecule has 1 aliphatic rings. The van der Waals surface area contributed by atoms with Gasteiger partial charge in [-0.3, -0.25) is 0 Å². The van der Waals surface area contributed by atoms with Crippen LogP contribution in [0.1, 0.15) is 43.5 Å². The summed E-state index contributed by atoms with van der Waals surface area (Å²) in [5, 5.41) is 12.9. The van der Waals surface area contributed by atoms with E-state index in [0.29, 0.717) is 11.7 Å². The minimum atomic E-state index is -0.987. The van der Waals surface area contributed by atoms with Gasteiger partial charge in [-0.25, -0.2) is 4.79 Å². The van der Waals surface area contributed by atoms with Gasteiger partial charge >= 0.3 is 5.97 Å². The third-order valence-electron chi connectivity index (χ3n) is 3.81. The van der Waals surface area contributed by atoms with E-state index in [1.165, 1.54) is 6.42 Å². The van der Waals surface area contributed by atoms with Crippen molar-refractivity contribution < 1.29 is 9.90 Å². The number of anilines is 1. The summed E-state index contributed by atoms with van der Waals surface area (Å²) in [6.07, 6.45) is 3.40. The van der Waals surface area contributed by atoms with Gasteiger partial charge in [-0.1, -0.05) is 37.9 Å². The zero-order valence-corrected chi connectivity index (χ0v) is 11.4. The molecule has 1 saturated carbocycles. The van der Waals surface area contributed by atoms with Crippen molar-refractivity contribution >= 4 is 23.3 Å². The second kappa shape index (κ2) is 4.81. The molecule has 2 rings (SSSR count). The molecule has 1 aliphatic carbocycles. The predicted molar refractivity (Wildman–Crippen MR) is 73.5 cm³/mol. The average Bonchev–Trinajstić information content (AvgIpc) is 2.58. The number of carbonyl (C=O) groups is 1. The lowest BCUT2D eigenvalue weighted by atomic mass is 9.87. The number of benzene rings is 1. The van der Waals surface area contributed by atoms with Gasteiger partial charge < -0.3 is 10.4 Å². The van der Waals surface area contributed by atoms with Crippen LogP contribution in [0.2, 0.25) is 5.02 Å². The van der Waals surface area contributed by atoms with Gasteiger partial charge in [0, 0.05) is 6.04 Å². The lowest BCUT2D eigenvalue weighted by Gasteiger charge is -2.29. The molecule has 4 heteroatoms. The van der Waals surface area contributed by atoms with Crippen molar-refractivity contribution in [3.63, 3.8) is 0 Å². The van der Waals surface area contributed by atoms with Gasteiger partial charge in [0.15, 0.2) is 0 Å². The average molecular weight is 268 g/mol. The molecule has 0 amide bonds. The number of nitrogens with one attached hydrogen (secondary N) is 1. The second-order valence-corrected chi connectivity index (χ2v) is 5.95. The van der Waals surface area contributed by atoms with E-state index in [0.717, 1.165) is 12.8 Å². The summed E-state index contributed by atoms with van der Waals surface area (Å²) in [5.41, 5.74) is 0.981. The molecule has 1 unspecified atom stereocenters. The van der Waals surface area contributed by atoms with E-state index in [9.17, 15) is 9.90 Å². The molecule has 0 aromatic heterocycles. The standard InChI is InChI=1S/C14H18ClNO2/c1-14(2)8-4-7-11(14)16-10-6-3-5-9(15)12(10)13(17)18/h3,5-6,11,16H,4,7-8H2,1-2H3,(H,17,18). The number of hydrogen-bond acceptors (Lipinski definition) is 2. The van der Waals surface area contributed by atoms with Crippen molar-refractivity contribution in [1.82, 2.24) is 0 Å². The van der Waals surface area contributed by atoms with E-state index in [1.807, 2.05) is 0 Å². The molecule has 2 N–H and O–H groups in total. The molecular formula is C14H18ClNO2. The smallest absolute Gasteiger partial charge is 0.339 e. The lowest BCUT2D eigenvalue weighted by Crippen LogP contribution is -2.31. The third-order valence-corrected chi connectivity index (χ3v) is 4.13. The molecule has 1 aromatic rings. The second-order valence-electron chi connectivity index (χ2n) is 5.55. The van der Waals surface area contributed by atoms with E-state index < -0.39 is 5.97 Å². The van der Waals surface area contributed by atoms with Gasteiger partial charge in [0.1, 0.15) is 5.56 Å². The first-order valence-corrected chi connectivity index (χ1v) is 6.58. The largest absolute Gasteiger partial charge is 0.478 e. The molecule has 18 heavy (non-hydrogen) atoms. The molecule has 0 spiro atoms. The van der Waals surface area contributed by atoms with Crippen LogP contribution >= 0.6 is 11.6 Å². The summed E-state index contributed by atoms with van der Waals surface area (Å²) in [5.74, 6) is -0.987. The number of aromatic carboxylic acids is 1. The summed E-state index contributed by atoms with van der Waals surface area (Å²) >= 11 is 5.96. The highest BCUT2D eigenvalue weighted by Crippen LogP contribution is 2.39. The van der Waals surface area contributed by atoms with E-state index in [1.54, 1.807) is 18.2 Å². The SMILES string of the molecule is CC1(C)CCCC1Nc1cccc(Cl)c1C(=O)O. The predicted octanol–water partition coefficient (Wildman–Crippen LogP) is 4.03. The molecule has 98 valence electrons. The van der Waals surface area contributed by atoms with Gasteiger partial charge in [-0.05, 0) is 30.4 Å². The summed E-state index contributed by atoms with van der Waals surface area (Å²) in [4.78, 5) is 11.3. The Hall–Kier alpha value is -1.22. The maximum atomic E-state index is 11.3. The molecule has 1 aromatic carbocycles. The molecule has 0 bridgehead atoms. The Labute approximate surface area is 112 Å². The van der Waals surface area contributed by atoms with Crippen molar-refractivity contribution in [1.29, 1.82) is 0 Å². The number of rotatable bonds is 3. The fourth-order valence-corrected chi connectivity index (χ4v) is 2.90. The van der Waals surface area contributed by atoms with Crippen LogP contribution in [0, 0.1) is 5.41 Å². The highest BCUT2D eigenvalue weighted by Gasteiger charge is 2.35. The van der Waals surface area contributed by atoms with E-state index in [4.69, 9.17) is 11.6 Å². The van der Waals surface area contributed by atoms with Crippen LogP contribution in [0.15, 0.2) is 18.2 Å². The van der Waals surface area contributed by atoms with Crippen LogP contribution in [0.3, 0.4) is 0 Å². The zero-order chi connectivity index (χ0) is 13.3. The minimum absolute atomic E-state index is 0.168. The van der Waals surface area contributed by atoms with Crippen LogP contribution in [-0.4, -0.2) is 17.1 Å². The number of carboxylic acids is 1. The Balaban J connectivity index is 2.29. The van der Waals surface area contributed by atoms with Gasteiger partial charge in [0.05, 0.1) is 10.7 Å². The molecule has 0 heterocycles. The number of carboxylic acid groups (broad SMARTS) is 1. The topological polar surface area (TPSA) is 49.3 Å². The van der Waals surface area contributed by atoms with Crippen LogP contribution in [-0.2, 0) is 0 Å². The molecule has 0 saturated heterocycles. The molecule has 0 aliphatic heterocycles. The lowest BCUT2D eigenvalue weighted by molar-refractivity contribution is 0.0698. The summed E-state index contributed by atoms with van der Waals surface area (Å²) in [6.45, 7) is 4.42. The van der Waals surface area contributed by atoms with Crippen molar-refractivity contribution in [3.8, 4) is 0 Å². The maximum absolute atomic E-state index is 11.3. The third kappa shape index (κ3) is 2.46. The van der Waals surface area contributed by atoms with Crippen molar-refractivity contribution in [3.05, 3.63) is 28.8 Å². The zero-order valence-electron chi connectivity index (χ0n) is 10.7. The Kier molecular flexibility index (Phi) is 3.53. The van der Waals surface area contributed by atoms with Crippen LogP contribution in [0.5, 0.6) is 0 Å². The van der Waals surface area contributed by atoms with E-state index in [2.05, 4.69) is 19.2 Å². The molecule has 0 radical (unpaired) electrons. The Morgan fingerprint density at radius 2 is 2.22 bits per heavy atom. The van der Waals surface area contributed by atoms with Gasteiger partial charge in [-0.15, -0.1) is 0 Å². The van der Waals surface area contributed by atoms with Crippen molar-refractivity contribution in [2.24, 2.45) is 5.41 Å². The van der Waals surface area contributed by atoms with Gasteiger partial charge in [0.2, 0.25) is 0 Å². The highest BCUT2D eigenvalue weighted by molar-refractivity contribution is 6.34. The monoisotopic (exact) mass is 267 g/mol. The number of hydrogen-bond donors (Lipinski definition) is 2. The summed E-state index contributed by atoms with van der Waals surface area (Å²) in [7, 11) is 0. The van der Waals surface area contributed by atoms with Crippen LogP contribution in [0.4, 0.5) is 5.69 Å². The Morgan fingerprint density at radius 3 is 2.78 bits per heavy atom. The summed E-state index contributed by atoms with van der Waals surface area (Å²) < 4.78 is 0.